The van der Waals surface area contributed by atoms with E-state index in [4.69, 9.17) is 9.47 Å². The summed E-state index contributed by atoms with van der Waals surface area (Å²) in [4.78, 5) is 14.7. The molecule has 3 rings (SSSR count). The topological polar surface area (TPSA) is 38.8 Å². The first-order chi connectivity index (χ1) is 11.2. The number of rotatable bonds is 5. The van der Waals surface area contributed by atoms with Gasteiger partial charge in [0.2, 0.25) is 0 Å². The number of hydrogen-bond donors (Lipinski definition) is 0. The van der Waals surface area contributed by atoms with E-state index in [2.05, 4.69) is 17.0 Å². The van der Waals surface area contributed by atoms with E-state index in [0.29, 0.717) is 18.1 Å². The highest BCUT2D eigenvalue weighted by molar-refractivity contribution is 5.89. The van der Waals surface area contributed by atoms with Crippen LogP contribution in [0.3, 0.4) is 0 Å². The summed E-state index contributed by atoms with van der Waals surface area (Å²) in [6.45, 7) is 6.78. The molecule has 2 aliphatic heterocycles. The van der Waals surface area contributed by atoms with Gasteiger partial charge in [0.05, 0.1) is 12.2 Å². The molecule has 2 atom stereocenters. The number of likely N-dealkylation sites (tertiary alicyclic amines) is 1. The molecule has 0 spiro atoms. The molecule has 0 saturated carbocycles. The number of hydrogen-bond acceptors (Lipinski definition) is 4. The molecule has 2 fully saturated rings. The van der Waals surface area contributed by atoms with Crippen molar-refractivity contribution in [3.8, 4) is 0 Å². The van der Waals surface area contributed by atoms with Crippen LogP contribution in [0.1, 0.15) is 48.5 Å². The van der Waals surface area contributed by atoms with Crippen LogP contribution in [0.2, 0.25) is 0 Å². The third-order valence-corrected chi connectivity index (χ3v) is 4.97. The molecule has 0 aromatic heterocycles. The van der Waals surface area contributed by atoms with Crippen LogP contribution in [0.15, 0.2) is 24.3 Å². The standard InChI is InChI=1S/C19H27NO3/c1-15(18-9-12-22-14-18)23-19(21)17-7-5-16(6-8-17)13-20-10-3-2-4-11-20/h5-8,15,18H,2-4,9-14H2,1H3/t15-,18+/m1/s1. The average Bonchev–Trinajstić information content (AvgIpc) is 3.11. The van der Waals surface area contributed by atoms with Gasteiger partial charge in [-0.3, -0.25) is 4.90 Å². The van der Waals surface area contributed by atoms with E-state index in [0.717, 1.165) is 19.6 Å². The molecule has 0 aliphatic carbocycles. The van der Waals surface area contributed by atoms with Crippen LogP contribution in [-0.2, 0) is 16.0 Å². The first-order valence-electron chi connectivity index (χ1n) is 8.82. The number of nitrogens with zero attached hydrogens (tertiary/aromatic N) is 1. The van der Waals surface area contributed by atoms with Crippen molar-refractivity contribution in [1.82, 2.24) is 4.90 Å². The van der Waals surface area contributed by atoms with Crippen LogP contribution in [0.5, 0.6) is 0 Å². The summed E-state index contributed by atoms with van der Waals surface area (Å²) in [6, 6.07) is 7.88. The molecular weight excluding hydrogens is 290 g/mol. The molecule has 1 aromatic rings. The molecule has 23 heavy (non-hydrogen) atoms. The van der Waals surface area contributed by atoms with Crippen molar-refractivity contribution in [2.24, 2.45) is 5.92 Å². The summed E-state index contributed by atoms with van der Waals surface area (Å²) in [5, 5.41) is 0. The third kappa shape index (κ3) is 4.55. The predicted molar refractivity (Wildman–Crippen MR) is 89.4 cm³/mol. The fourth-order valence-electron chi connectivity index (χ4n) is 3.38. The quantitative estimate of drug-likeness (QED) is 0.782. The SMILES string of the molecule is C[C@@H](OC(=O)c1ccc(CN2CCCCC2)cc1)[C@H]1CCOC1. The lowest BCUT2D eigenvalue weighted by molar-refractivity contribution is 0.0180. The molecule has 2 aliphatic rings. The number of esters is 1. The van der Waals surface area contributed by atoms with Gasteiger partial charge < -0.3 is 9.47 Å². The van der Waals surface area contributed by atoms with E-state index in [1.807, 2.05) is 19.1 Å². The van der Waals surface area contributed by atoms with Crippen molar-refractivity contribution in [1.29, 1.82) is 0 Å². The summed E-state index contributed by atoms with van der Waals surface area (Å²) in [5.74, 6) is 0.103. The molecular formula is C19H27NO3. The second-order valence-electron chi connectivity index (χ2n) is 6.77. The lowest BCUT2D eigenvalue weighted by Crippen LogP contribution is -2.29. The highest BCUT2D eigenvalue weighted by Crippen LogP contribution is 2.20. The maximum atomic E-state index is 12.2. The van der Waals surface area contributed by atoms with Gasteiger partial charge in [-0.05, 0) is 57.0 Å². The lowest BCUT2D eigenvalue weighted by atomic mass is 10.0. The van der Waals surface area contributed by atoms with E-state index in [9.17, 15) is 4.79 Å². The maximum absolute atomic E-state index is 12.2. The molecule has 2 saturated heterocycles. The monoisotopic (exact) mass is 317 g/mol. The largest absolute Gasteiger partial charge is 0.459 e. The van der Waals surface area contributed by atoms with E-state index >= 15 is 0 Å². The molecule has 126 valence electrons. The fraction of sp³-hybridized carbons (Fsp3) is 0.632. The van der Waals surface area contributed by atoms with Gasteiger partial charge in [-0.15, -0.1) is 0 Å². The Morgan fingerprint density at radius 2 is 2.00 bits per heavy atom. The van der Waals surface area contributed by atoms with Gasteiger partial charge in [-0.1, -0.05) is 18.6 Å². The fourth-order valence-corrected chi connectivity index (χ4v) is 3.38. The molecule has 0 amide bonds. The minimum Gasteiger partial charge on any atom is -0.459 e. The first kappa shape index (κ1) is 16.5. The van der Waals surface area contributed by atoms with Crippen LogP contribution in [0.4, 0.5) is 0 Å². The van der Waals surface area contributed by atoms with Crippen LogP contribution in [0, 0.1) is 5.92 Å². The van der Waals surface area contributed by atoms with E-state index in [1.165, 1.54) is 37.9 Å². The zero-order chi connectivity index (χ0) is 16.1. The Balaban J connectivity index is 1.52. The highest BCUT2D eigenvalue weighted by Gasteiger charge is 2.25. The van der Waals surface area contributed by atoms with Gasteiger partial charge in [0, 0.05) is 19.1 Å². The third-order valence-electron chi connectivity index (χ3n) is 4.97. The maximum Gasteiger partial charge on any atom is 0.338 e. The average molecular weight is 317 g/mol. The van der Waals surface area contributed by atoms with E-state index in [1.54, 1.807) is 0 Å². The minimum absolute atomic E-state index is 0.0852. The van der Waals surface area contributed by atoms with Crippen molar-refractivity contribution in [3.05, 3.63) is 35.4 Å². The Kier molecular flexibility index (Phi) is 5.68. The second-order valence-corrected chi connectivity index (χ2v) is 6.77. The lowest BCUT2D eigenvalue weighted by Gasteiger charge is -2.26. The number of piperidine rings is 1. The molecule has 0 bridgehead atoms. The van der Waals surface area contributed by atoms with Gasteiger partial charge in [0.1, 0.15) is 6.10 Å². The molecule has 4 nitrogen and oxygen atoms in total. The van der Waals surface area contributed by atoms with Gasteiger partial charge >= 0.3 is 5.97 Å². The Hall–Kier alpha value is -1.39. The van der Waals surface area contributed by atoms with Crippen molar-refractivity contribution < 1.29 is 14.3 Å². The molecule has 0 N–H and O–H groups in total. The Bertz CT molecular complexity index is 502. The van der Waals surface area contributed by atoms with Crippen molar-refractivity contribution in [3.63, 3.8) is 0 Å². The van der Waals surface area contributed by atoms with Crippen LogP contribution >= 0.6 is 0 Å². The van der Waals surface area contributed by atoms with Gasteiger partial charge in [0.15, 0.2) is 0 Å². The van der Waals surface area contributed by atoms with Crippen LogP contribution in [0.25, 0.3) is 0 Å². The summed E-state index contributed by atoms with van der Waals surface area (Å²) < 4.78 is 10.9. The normalized spacial score (nSPS) is 23.6. The number of benzene rings is 1. The number of ether oxygens (including phenoxy) is 2. The second kappa shape index (κ2) is 7.93. The Labute approximate surface area is 138 Å². The van der Waals surface area contributed by atoms with Gasteiger partial charge in [-0.2, -0.15) is 0 Å². The summed E-state index contributed by atoms with van der Waals surface area (Å²) >= 11 is 0. The highest BCUT2D eigenvalue weighted by atomic mass is 16.5. The molecule has 1 aromatic carbocycles. The minimum atomic E-state index is -0.228. The zero-order valence-electron chi connectivity index (χ0n) is 14.0. The van der Waals surface area contributed by atoms with Crippen molar-refractivity contribution in [2.75, 3.05) is 26.3 Å². The smallest absolute Gasteiger partial charge is 0.338 e. The zero-order valence-corrected chi connectivity index (χ0v) is 14.0. The summed E-state index contributed by atoms with van der Waals surface area (Å²) in [6.07, 6.45) is 4.84. The van der Waals surface area contributed by atoms with Crippen LogP contribution < -0.4 is 0 Å². The Morgan fingerprint density at radius 1 is 1.26 bits per heavy atom. The van der Waals surface area contributed by atoms with Gasteiger partial charge in [-0.25, -0.2) is 4.79 Å². The summed E-state index contributed by atoms with van der Waals surface area (Å²) in [7, 11) is 0. The summed E-state index contributed by atoms with van der Waals surface area (Å²) in [5.41, 5.74) is 1.90. The molecule has 0 radical (unpaired) electrons. The van der Waals surface area contributed by atoms with Crippen molar-refractivity contribution >= 4 is 5.97 Å². The Morgan fingerprint density at radius 3 is 2.65 bits per heavy atom. The van der Waals surface area contributed by atoms with E-state index < -0.39 is 0 Å². The predicted octanol–water partition coefficient (Wildman–Crippen LogP) is 3.25. The molecule has 2 heterocycles. The van der Waals surface area contributed by atoms with Crippen molar-refractivity contribution in [2.45, 2.75) is 45.3 Å². The van der Waals surface area contributed by atoms with Crippen LogP contribution in [-0.4, -0.2) is 43.3 Å². The number of carbonyl (C=O) groups is 1. The molecule has 0 unspecified atom stereocenters. The first-order valence-corrected chi connectivity index (χ1v) is 8.82. The number of carbonyl (C=O) groups excluding carboxylic acids is 1. The van der Waals surface area contributed by atoms with E-state index in [-0.39, 0.29) is 12.1 Å². The molecule has 4 heteroatoms. The van der Waals surface area contributed by atoms with Gasteiger partial charge in [0.25, 0.3) is 0 Å².